The predicted molar refractivity (Wildman–Crippen MR) is 385 cm³/mol. The van der Waals surface area contributed by atoms with E-state index in [-0.39, 0.29) is 0 Å². The fraction of sp³-hybridized carbons (Fsp3) is 0. The van der Waals surface area contributed by atoms with Gasteiger partial charge in [0.1, 0.15) is 11.2 Å². The first-order chi connectivity index (χ1) is 43.6. The van der Waals surface area contributed by atoms with Gasteiger partial charge in [-0.25, -0.2) is 0 Å². The molecule has 20 aromatic rings. The maximum atomic E-state index is 7.07. The highest BCUT2D eigenvalue weighted by molar-refractivity contribution is 7.27. The van der Waals surface area contributed by atoms with Crippen molar-refractivity contribution in [3.8, 4) is 55.6 Å². The molecule has 0 aliphatic rings. The Morgan fingerprint density at radius 2 is 0.625 bits per heavy atom. The summed E-state index contributed by atoms with van der Waals surface area (Å²) in [5.74, 6) is 0. The second-order valence-corrected chi connectivity index (χ2v) is 26.9. The maximum absolute atomic E-state index is 7.07. The molecule has 4 heteroatoms. The fourth-order valence-electron chi connectivity index (χ4n) is 15.1. The van der Waals surface area contributed by atoms with Crippen LogP contribution in [0.3, 0.4) is 0 Å². The van der Waals surface area contributed by atoms with Crippen molar-refractivity contribution in [2.24, 2.45) is 0 Å². The number of para-hydroxylation sites is 1. The molecule has 4 aromatic heterocycles. The van der Waals surface area contributed by atoms with Crippen LogP contribution in [0.25, 0.3) is 203 Å². The molecule has 0 atom stereocenters. The van der Waals surface area contributed by atoms with E-state index in [4.69, 9.17) is 4.42 Å². The molecule has 0 bridgehead atoms. The van der Waals surface area contributed by atoms with Gasteiger partial charge in [-0.3, -0.25) is 0 Å². The number of thiophene rings is 3. The van der Waals surface area contributed by atoms with Gasteiger partial charge in [-0.2, -0.15) is 0 Å². The van der Waals surface area contributed by atoms with E-state index in [9.17, 15) is 0 Å². The average Bonchev–Trinajstić information content (AvgIpc) is 1.55. The van der Waals surface area contributed by atoms with E-state index in [1.165, 1.54) is 175 Å². The molecule has 0 aliphatic heterocycles. The summed E-state index contributed by atoms with van der Waals surface area (Å²) in [6, 6.07) is 105. The first kappa shape index (κ1) is 48.7. The summed E-state index contributed by atoms with van der Waals surface area (Å²) in [5.41, 5.74) is 14.1. The third-order valence-corrected chi connectivity index (χ3v) is 22.5. The van der Waals surface area contributed by atoms with Crippen molar-refractivity contribution in [2.45, 2.75) is 0 Å². The van der Waals surface area contributed by atoms with Crippen LogP contribution in [0, 0.1) is 0 Å². The van der Waals surface area contributed by atoms with Crippen LogP contribution in [0.15, 0.2) is 283 Å². The summed E-state index contributed by atoms with van der Waals surface area (Å²) in [6.07, 6.45) is 0. The van der Waals surface area contributed by atoms with Gasteiger partial charge in [0.2, 0.25) is 0 Å². The molecular weight excluding hydrogens is 1120 g/mol. The molecule has 1 nitrogen and oxygen atoms in total. The van der Waals surface area contributed by atoms with Gasteiger partial charge in [-0.05, 0) is 170 Å². The fourth-order valence-corrected chi connectivity index (χ4v) is 18.6. The van der Waals surface area contributed by atoms with Gasteiger partial charge in [0, 0.05) is 88.0 Å². The van der Waals surface area contributed by atoms with E-state index in [1.807, 2.05) is 34.0 Å². The summed E-state index contributed by atoms with van der Waals surface area (Å²) in [7, 11) is 0. The van der Waals surface area contributed by atoms with Gasteiger partial charge in [-0.15, -0.1) is 34.0 Å². The van der Waals surface area contributed by atoms with Gasteiger partial charge >= 0.3 is 0 Å². The molecule has 20 rings (SSSR count). The van der Waals surface area contributed by atoms with Crippen molar-refractivity contribution in [3.05, 3.63) is 279 Å². The number of benzene rings is 16. The molecule has 0 radical (unpaired) electrons. The molecule has 0 fully saturated rings. The Morgan fingerprint density at radius 1 is 0.205 bits per heavy atom. The molecule has 0 unspecified atom stereocenters. The van der Waals surface area contributed by atoms with Crippen LogP contribution in [-0.4, -0.2) is 0 Å². The number of hydrogen-bond acceptors (Lipinski definition) is 4. The second-order valence-electron chi connectivity index (χ2n) is 23.7. The first-order valence-corrected chi connectivity index (χ1v) is 32.6. The molecule has 0 amide bonds. The van der Waals surface area contributed by atoms with Gasteiger partial charge in [0.25, 0.3) is 0 Å². The molecule has 4 heterocycles. The standard InChI is InChI=1S/C84H46OS3/c1-2-17-48-45-77-71(40-47(48)16-1)69-43-51(35-38-75(69)86-77)79-55-20-3-7-24-59(55)81(60-25-8-4-21-56(60)79)65-31-14-29-63-68-41-50(34-37-73(68)85-83(63)65)53-28-13-18-49-42-72-70-44-52(36-39-76(70)87-78(72)46-67(49)53)80-57-22-5-9-26-61(57)82(62-27-10-6-23-58(62)80)66-32-15-30-64-54-19-11-12-33-74(54)88-84(64)66/h1-46H. The average molecular weight is 1170 g/mol. The van der Waals surface area contributed by atoms with E-state index in [0.29, 0.717) is 0 Å². The highest BCUT2D eigenvalue weighted by Gasteiger charge is 2.24. The minimum absolute atomic E-state index is 0.882. The van der Waals surface area contributed by atoms with Gasteiger partial charge < -0.3 is 4.42 Å². The van der Waals surface area contributed by atoms with Crippen LogP contribution in [0.4, 0.5) is 0 Å². The van der Waals surface area contributed by atoms with Crippen LogP contribution >= 0.6 is 34.0 Å². The van der Waals surface area contributed by atoms with Gasteiger partial charge in [0.15, 0.2) is 0 Å². The Bertz CT molecular complexity index is 6330. The molecule has 16 aromatic carbocycles. The summed E-state index contributed by atoms with van der Waals surface area (Å²) in [6.45, 7) is 0. The van der Waals surface area contributed by atoms with Crippen molar-refractivity contribution in [3.63, 3.8) is 0 Å². The summed E-state index contributed by atoms with van der Waals surface area (Å²) in [4.78, 5) is 0. The summed E-state index contributed by atoms with van der Waals surface area (Å²) < 4.78 is 14.9. The molecule has 88 heavy (non-hydrogen) atoms. The topological polar surface area (TPSA) is 13.1 Å². The van der Waals surface area contributed by atoms with Crippen LogP contribution in [0.5, 0.6) is 0 Å². The van der Waals surface area contributed by atoms with Crippen LogP contribution in [0.1, 0.15) is 0 Å². The molecule has 0 saturated carbocycles. The molecule has 0 N–H and O–H groups in total. The number of rotatable bonds is 5. The normalized spacial score (nSPS) is 12.3. The van der Waals surface area contributed by atoms with Crippen molar-refractivity contribution < 1.29 is 4.42 Å². The zero-order valence-corrected chi connectivity index (χ0v) is 49.6. The van der Waals surface area contributed by atoms with E-state index < -0.39 is 0 Å². The highest BCUT2D eigenvalue weighted by Crippen LogP contribution is 2.52. The molecule has 0 saturated heterocycles. The van der Waals surface area contributed by atoms with E-state index in [1.54, 1.807) is 0 Å². The van der Waals surface area contributed by atoms with Crippen molar-refractivity contribution in [2.75, 3.05) is 0 Å². The Balaban J connectivity index is 0.706. The van der Waals surface area contributed by atoms with Gasteiger partial charge in [0.05, 0.1) is 0 Å². The van der Waals surface area contributed by atoms with Gasteiger partial charge in [-0.1, -0.05) is 212 Å². The first-order valence-electron chi connectivity index (χ1n) is 30.1. The Labute approximate surface area is 516 Å². The second kappa shape index (κ2) is 18.5. The lowest BCUT2D eigenvalue weighted by molar-refractivity contribution is 0.670. The molecular formula is C84H46OS3. The maximum Gasteiger partial charge on any atom is 0.143 e. The lowest BCUT2D eigenvalue weighted by Gasteiger charge is -2.18. The summed E-state index contributed by atoms with van der Waals surface area (Å²) in [5, 5.41) is 25.0. The monoisotopic (exact) mass is 1170 g/mol. The van der Waals surface area contributed by atoms with E-state index >= 15 is 0 Å². The number of fused-ring (bicyclic) bond motifs is 18. The lowest BCUT2D eigenvalue weighted by atomic mass is 9.85. The Kier molecular flexibility index (Phi) is 10.3. The highest BCUT2D eigenvalue weighted by atomic mass is 32.1. The van der Waals surface area contributed by atoms with Crippen molar-refractivity contribution in [1.29, 1.82) is 0 Å². The summed E-state index contributed by atoms with van der Waals surface area (Å²) >= 11 is 5.67. The minimum Gasteiger partial charge on any atom is -0.455 e. The Hall–Kier alpha value is -10.5. The number of hydrogen-bond donors (Lipinski definition) is 0. The third kappa shape index (κ3) is 7.02. The SMILES string of the molecule is c1ccc2cc3c(cc2c1)sc1ccc(-c2c4ccccc4c(-c4cccc5c4oc4ccc(-c6cccc7cc8c(cc67)sc6ccc(-c7c9ccccc9c(-c9cccc%10c9sc9ccccc9%10)c9ccccc79)cc68)cc45)c4ccccc24)cc13. The molecule has 0 spiro atoms. The van der Waals surface area contributed by atoms with E-state index in [2.05, 4.69) is 279 Å². The quantitative estimate of drug-likeness (QED) is 0.157. The van der Waals surface area contributed by atoms with Crippen molar-refractivity contribution >= 4 is 181 Å². The minimum atomic E-state index is 0.882. The van der Waals surface area contributed by atoms with E-state index in [0.717, 1.165) is 27.5 Å². The van der Waals surface area contributed by atoms with Crippen LogP contribution in [0.2, 0.25) is 0 Å². The Morgan fingerprint density at radius 3 is 1.25 bits per heavy atom. The lowest BCUT2D eigenvalue weighted by Crippen LogP contribution is -1.91. The van der Waals surface area contributed by atoms with Crippen LogP contribution < -0.4 is 0 Å². The predicted octanol–water partition coefficient (Wildman–Crippen LogP) is 25.9. The van der Waals surface area contributed by atoms with Crippen molar-refractivity contribution in [1.82, 2.24) is 0 Å². The number of furan rings is 1. The largest absolute Gasteiger partial charge is 0.455 e. The molecule has 406 valence electrons. The zero-order chi connectivity index (χ0) is 57.3. The molecule has 0 aliphatic carbocycles. The smallest absolute Gasteiger partial charge is 0.143 e. The zero-order valence-electron chi connectivity index (χ0n) is 47.2. The third-order valence-electron chi connectivity index (χ3n) is 19.0. The van der Waals surface area contributed by atoms with Crippen LogP contribution in [-0.2, 0) is 0 Å².